The first-order valence-electron chi connectivity index (χ1n) is 5.13. The maximum Gasteiger partial charge on any atom is 0.253 e. The minimum atomic E-state index is -0.530. The molecule has 17 heavy (non-hydrogen) atoms. The fourth-order valence-corrected chi connectivity index (χ4v) is 1.09. The van der Waals surface area contributed by atoms with Crippen LogP contribution in [0.15, 0.2) is 12.4 Å². The van der Waals surface area contributed by atoms with Gasteiger partial charge >= 0.3 is 0 Å². The molecular formula is C10H16N4O3. The Bertz CT molecular complexity index is 402. The van der Waals surface area contributed by atoms with E-state index in [9.17, 15) is 9.59 Å². The van der Waals surface area contributed by atoms with Gasteiger partial charge in [0.2, 0.25) is 5.91 Å². The van der Waals surface area contributed by atoms with E-state index in [1.165, 1.54) is 18.0 Å². The zero-order valence-electron chi connectivity index (χ0n) is 10.1. The third kappa shape index (κ3) is 3.87. The predicted octanol–water partition coefficient (Wildman–Crippen LogP) is -0.397. The second-order valence-electron chi connectivity index (χ2n) is 3.47. The predicted molar refractivity (Wildman–Crippen MR) is 61.4 cm³/mol. The molecule has 0 saturated carbocycles. The second-order valence-corrected chi connectivity index (χ2v) is 3.47. The molecule has 94 valence electrons. The zero-order chi connectivity index (χ0) is 12.8. The van der Waals surface area contributed by atoms with Crippen molar-refractivity contribution in [2.24, 2.45) is 0 Å². The van der Waals surface area contributed by atoms with Gasteiger partial charge in [-0.3, -0.25) is 14.3 Å². The Morgan fingerprint density at radius 1 is 1.59 bits per heavy atom. The van der Waals surface area contributed by atoms with E-state index in [2.05, 4.69) is 15.7 Å². The van der Waals surface area contributed by atoms with E-state index >= 15 is 0 Å². The third-order valence-corrected chi connectivity index (χ3v) is 2.21. The molecule has 1 atom stereocenters. The smallest absolute Gasteiger partial charge is 0.253 e. The minimum absolute atomic E-state index is 0.117. The Balaban J connectivity index is 2.56. The maximum atomic E-state index is 11.5. The molecule has 2 N–H and O–H groups in total. The number of nitrogens with zero attached hydrogens (tertiary/aromatic N) is 2. The van der Waals surface area contributed by atoms with Crippen molar-refractivity contribution in [3.05, 3.63) is 12.4 Å². The average Bonchev–Trinajstić information content (AvgIpc) is 2.75. The van der Waals surface area contributed by atoms with Gasteiger partial charge in [-0.25, -0.2) is 0 Å². The fraction of sp³-hybridized carbons (Fsp3) is 0.500. The Morgan fingerprint density at radius 3 is 2.88 bits per heavy atom. The molecule has 1 aromatic heterocycles. The van der Waals surface area contributed by atoms with Crippen molar-refractivity contribution in [1.82, 2.24) is 15.1 Å². The van der Waals surface area contributed by atoms with Gasteiger partial charge in [0.1, 0.15) is 12.6 Å². The number of ether oxygens (including phenoxy) is 1. The number of amides is 2. The molecule has 0 saturated heterocycles. The van der Waals surface area contributed by atoms with Crippen molar-refractivity contribution in [3.8, 4) is 0 Å². The van der Waals surface area contributed by atoms with Crippen molar-refractivity contribution in [1.29, 1.82) is 0 Å². The lowest BCUT2D eigenvalue weighted by Gasteiger charge is -2.08. The number of methoxy groups -OCH3 is 1. The highest BCUT2D eigenvalue weighted by Gasteiger charge is 2.12. The number of hydrogen-bond donors (Lipinski definition) is 2. The van der Waals surface area contributed by atoms with Crippen LogP contribution in [0.1, 0.15) is 6.92 Å². The molecule has 0 radical (unpaired) electrons. The van der Waals surface area contributed by atoms with Gasteiger partial charge in [-0.05, 0) is 6.92 Å². The quantitative estimate of drug-likeness (QED) is 0.733. The van der Waals surface area contributed by atoms with Crippen LogP contribution in [0.4, 0.5) is 5.69 Å². The second kappa shape index (κ2) is 6.00. The molecule has 1 rings (SSSR count). The van der Waals surface area contributed by atoms with Crippen LogP contribution in [-0.4, -0.2) is 41.9 Å². The summed E-state index contributed by atoms with van der Waals surface area (Å²) in [5.41, 5.74) is 0.530. The molecule has 7 heteroatoms. The van der Waals surface area contributed by atoms with E-state index < -0.39 is 6.10 Å². The van der Waals surface area contributed by atoms with Crippen LogP contribution in [-0.2, 0) is 20.9 Å². The van der Waals surface area contributed by atoms with E-state index in [4.69, 9.17) is 4.74 Å². The highest BCUT2D eigenvalue weighted by molar-refractivity contribution is 5.93. The summed E-state index contributed by atoms with van der Waals surface area (Å²) < 4.78 is 6.31. The zero-order valence-corrected chi connectivity index (χ0v) is 10.1. The first-order chi connectivity index (χ1) is 8.06. The molecule has 0 aromatic carbocycles. The number of nitrogens with one attached hydrogen (secondary N) is 2. The number of anilines is 1. The number of rotatable bonds is 5. The molecular weight excluding hydrogens is 224 g/mol. The summed E-state index contributed by atoms with van der Waals surface area (Å²) in [5, 5.41) is 9.05. The van der Waals surface area contributed by atoms with Crippen molar-refractivity contribution in [3.63, 3.8) is 0 Å². The molecule has 0 aliphatic heterocycles. The van der Waals surface area contributed by atoms with Crippen LogP contribution in [0, 0.1) is 0 Å². The van der Waals surface area contributed by atoms with Crippen LogP contribution in [0.25, 0.3) is 0 Å². The van der Waals surface area contributed by atoms with E-state index in [1.807, 2.05) is 0 Å². The molecule has 7 nitrogen and oxygen atoms in total. The normalized spacial score (nSPS) is 11.9. The highest BCUT2D eigenvalue weighted by atomic mass is 16.5. The molecule has 2 amide bonds. The Labute approximate surface area is 99.1 Å². The summed E-state index contributed by atoms with van der Waals surface area (Å²) in [4.78, 5) is 22.6. The maximum absolute atomic E-state index is 11.5. The van der Waals surface area contributed by atoms with Gasteiger partial charge in [0.05, 0.1) is 11.9 Å². The molecule has 0 aliphatic carbocycles. The van der Waals surface area contributed by atoms with Crippen molar-refractivity contribution >= 4 is 17.5 Å². The standard InChI is InChI=1S/C10H16N4O3/c1-7(17-3)10(16)13-8-4-12-14(5-8)6-9(15)11-2/h4-5,7H,6H2,1-3H3,(H,11,15)(H,13,16). The van der Waals surface area contributed by atoms with Gasteiger partial charge in [-0.2, -0.15) is 5.10 Å². The van der Waals surface area contributed by atoms with Crippen LogP contribution < -0.4 is 10.6 Å². The summed E-state index contributed by atoms with van der Waals surface area (Å²) in [7, 11) is 3.01. The van der Waals surface area contributed by atoms with Crippen LogP contribution in [0.2, 0.25) is 0 Å². The van der Waals surface area contributed by atoms with Crippen LogP contribution in [0.5, 0.6) is 0 Å². The van der Waals surface area contributed by atoms with Gasteiger partial charge in [-0.1, -0.05) is 0 Å². The lowest BCUT2D eigenvalue weighted by molar-refractivity contribution is -0.124. The molecule has 0 bridgehead atoms. The third-order valence-electron chi connectivity index (χ3n) is 2.21. The summed E-state index contributed by atoms with van der Waals surface area (Å²) >= 11 is 0. The number of carbonyl (C=O) groups excluding carboxylic acids is 2. The summed E-state index contributed by atoms with van der Waals surface area (Å²) in [6.45, 7) is 1.76. The van der Waals surface area contributed by atoms with Crippen LogP contribution in [0.3, 0.4) is 0 Å². The average molecular weight is 240 g/mol. The van der Waals surface area contributed by atoms with Gasteiger partial charge in [0.25, 0.3) is 5.91 Å². The van der Waals surface area contributed by atoms with Gasteiger partial charge in [-0.15, -0.1) is 0 Å². The number of hydrogen-bond acceptors (Lipinski definition) is 4. The monoisotopic (exact) mass is 240 g/mol. The SMILES string of the molecule is CNC(=O)Cn1cc(NC(=O)C(C)OC)cn1. The Morgan fingerprint density at radius 2 is 2.29 bits per heavy atom. The lowest BCUT2D eigenvalue weighted by Crippen LogP contribution is -2.26. The summed E-state index contributed by atoms with van der Waals surface area (Å²) in [5.74, 6) is -0.414. The molecule has 1 heterocycles. The van der Waals surface area contributed by atoms with Gasteiger partial charge in [0.15, 0.2) is 0 Å². The minimum Gasteiger partial charge on any atom is -0.372 e. The molecule has 1 unspecified atom stereocenters. The number of carbonyl (C=O) groups is 2. The van der Waals surface area contributed by atoms with Crippen molar-refractivity contribution in [2.75, 3.05) is 19.5 Å². The van der Waals surface area contributed by atoms with Gasteiger partial charge < -0.3 is 15.4 Å². The van der Waals surface area contributed by atoms with Crippen LogP contribution >= 0.6 is 0 Å². The topological polar surface area (TPSA) is 85.2 Å². The van der Waals surface area contributed by atoms with E-state index in [0.29, 0.717) is 5.69 Å². The largest absolute Gasteiger partial charge is 0.372 e. The first-order valence-corrected chi connectivity index (χ1v) is 5.13. The fourth-order valence-electron chi connectivity index (χ4n) is 1.09. The number of likely N-dealkylation sites (N-methyl/N-ethyl adjacent to an activating group) is 1. The molecule has 0 fully saturated rings. The Kier molecular flexibility index (Phi) is 4.65. The Hall–Kier alpha value is -1.89. The summed E-state index contributed by atoms with van der Waals surface area (Å²) in [6.07, 6.45) is 2.52. The molecule has 0 spiro atoms. The van der Waals surface area contributed by atoms with Crippen molar-refractivity contribution < 1.29 is 14.3 Å². The van der Waals surface area contributed by atoms with E-state index in [0.717, 1.165) is 0 Å². The van der Waals surface area contributed by atoms with E-state index in [-0.39, 0.29) is 18.4 Å². The van der Waals surface area contributed by atoms with E-state index in [1.54, 1.807) is 20.2 Å². The summed E-state index contributed by atoms with van der Waals surface area (Å²) in [6, 6.07) is 0. The highest BCUT2D eigenvalue weighted by Crippen LogP contribution is 2.05. The van der Waals surface area contributed by atoms with Gasteiger partial charge in [0, 0.05) is 20.4 Å². The number of aromatic nitrogens is 2. The van der Waals surface area contributed by atoms with Crippen molar-refractivity contribution in [2.45, 2.75) is 19.6 Å². The molecule has 0 aliphatic rings. The molecule has 1 aromatic rings. The lowest BCUT2D eigenvalue weighted by atomic mass is 10.3. The first kappa shape index (κ1) is 13.2.